The Balaban J connectivity index is 1.99. The van der Waals surface area contributed by atoms with Crippen LogP contribution in [-0.4, -0.2) is 12.1 Å². The van der Waals surface area contributed by atoms with Crippen LogP contribution in [0.4, 0.5) is 17.6 Å². The molecule has 2 aromatic carbocycles. The van der Waals surface area contributed by atoms with Crippen molar-refractivity contribution in [1.82, 2.24) is 4.98 Å². The SMILES string of the molecule is COc1ccc(Cc2ccc(F)cc2)nc1-c1cccc(C(F)(F)F)c1. The molecule has 0 saturated carbocycles. The first-order chi connectivity index (χ1) is 12.4. The van der Waals surface area contributed by atoms with Crippen molar-refractivity contribution in [3.8, 4) is 17.0 Å². The van der Waals surface area contributed by atoms with E-state index in [0.717, 1.165) is 17.7 Å². The molecule has 0 unspecified atom stereocenters. The Hall–Kier alpha value is -2.89. The Bertz CT molecular complexity index is 904. The van der Waals surface area contributed by atoms with Gasteiger partial charge in [0, 0.05) is 17.7 Å². The summed E-state index contributed by atoms with van der Waals surface area (Å²) >= 11 is 0. The molecule has 0 radical (unpaired) electrons. The Morgan fingerprint density at radius 3 is 2.35 bits per heavy atom. The summed E-state index contributed by atoms with van der Waals surface area (Å²) in [4.78, 5) is 4.47. The molecule has 3 rings (SSSR count). The van der Waals surface area contributed by atoms with Crippen LogP contribution in [0.5, 0.6) is 5.75 Å². The topological polar surface area (TPSA) is 22.1 Å². The molecule has 2 nitrogen and oxygen atoms in total. The fourth-order valence-electron chi connectivity index (χ4n) is 2.61. The molecule has 0 bridgehead atoms. The average Bonchev–Trinajstić information content (AvgIpc) is 2.63. The molecule has 0 fully saturated rings. The van der Waals surface area contributed by atoms with E-state index in [9.17, 15) is 17.6 Å². The monoisotopic (exact) mass is 361 g/mol. The van der Waals surface area contributed by atoms with E-state index in [-0.39, 0.29) is 5.82 Å². The number of benzene rings is 2. The average molecular weight is 361 g/mol. The normalized spacial score (nSPS) is 11.4. The second kappa shape index (κ2) is 7.15. The zero-order valence-electron chi connectivity index (χ0n) is 13.8. The number of halogens is 4. The van der Waals surface area contributed by atoms with Crippen LogP contribution in [0.15, 0.2) is 60.7 Å². The fourth-order valence-corrected chi connectivity index (χ4v) is 2.61. The number of alkyl halides is 3. The first-order valence-electron chi connectivity index (χ1n) is 7.83. The first kappa shape index (κ1) is 17.9. The Morgan fingerprint density at radius 1 is 0.962 bits per heavy atom. The van der Waals surface area contributed by atoms with Crippen LogP contribution in [0.25, 0.3) is 11.3 Å². The summed E-state index contributed by atoms with van der Waals surface area (Å²) in [6.07, 6.45) is -4.01. The predicted molar refractivity (Wildman–Crippen MR) is 90.4 cm³/mol. The van der Waals surface area contributed by atoms with Crippen LogP contribution in [0.3, 0.4) is 0 Å². The second-order valence-corrected chi connectivity index (χ2v) is 5.74. The number of hydrogen-bond donors (Lipinski definition) is 0. The number of aromatic nitrogens is 1. The maximum atomic E-state index is 13.0. The highest BCUT2D eigenvalue weighted by Gasteiger charge is 2.30. The van der Waals surface area contributed by atoms with Crippen molar-refractivity contribution in [3.05, 3.63) is 83.3 Å². The van der Waals surface area contributed by atoms with E-state index in [1.807, 2.05) is 0 Å². The molecule has 1 heterocycles. The van der Waals surface area contributed by atoms with Gasteiger partial charge < -0.3 is 4.74 Å². The van der Waals surface area contributed by atoms with Gasteiger partial charge in [-0.2, -0.15) is 13.2 Å². The van der Waals surface area contributed by atoms with Gasteiger partial charge in [0.1, 0.15) is 17.3 Å². The Morgan fingerprint density at radius 2 is 1.69 bits per heavy atom. The third-order valence-corrected chi connectivity index (χ3v) is 3.90. The molecule has 0 amide bonds. The summed E-state index contributed by atoms with van der Waals surface area (Å²) in [7, 11) is 1.44. The minimum absolute atomic E-state index is 0.317. The molecule has 6 heteroatoms. The predicted octanol–water partition coefficient (Wildman–Crippen LogP) is 5.51. The van der Waals surface area contributed by atoms with Crippen LogP contribution in [0, 0.1) is 5.82 Å². The van der Waals surface area contributed by atoms with E-state index < -0.39 is 11.7 Å². The molecule has 134 valence electrons. The van der Waals surface area contributed by atoms with Gasteiger partial charge in [-0.1, -0.05) is 24.3 Å². The molecule has 1 aromatic heterocycles. The highest BCUT2D eigenvalue weighted by molar-refractivity contribution is 5.67. The van der Waals surface area contributed by atoms with Crippen LogP contribution in [0.2, 0.25) is 0 Å². The number of pyridine rings is 1. The standard InChI is InChI=1S/C20H15F4NO/c1-26-18-10-9-17(11-13-5-7-16(21)8-6-13)25-19(18)14-3-2-4-15(12-14)20(22,23)24/h2-10,12H,11H2,1H3. The van der Waals surface area contributed by atoms with E-state index in [1.165, 1.54) is 25.3 Å². The van der Waals surface area contributed by atoms with Gasteiger partial charge >= 0.3 is 6.18 Å². The van der Waals surface area contributed by atoms with Crippen molar-refractivity contribution in [2.24, 2.45) is 0 Å². The number of methoxy groups -OCH3 is 1. The van der Waals surface area contributed by atoms with Gasteiger partial charge in [0.15, 0.2) is 0 Å². The van der Waals surface area contributed by atoms with Crippen molar-refractivity contribution in [2.75, 3.05) is 7.11 Å². The molecule has 0 N–H and O–H groups in total. The zero-order valence-corrected chi connectivity index (χ0v) is 13.8. The van der Waals surface area contributed by atoms with Gasteiger partial charge in [-0.3, -0.25) is 0 Å². The quantitative estimate of drug-likeness (QED) is 0.572. The lowest BCUT2D eigenvalue weighted by Crippen LogP contribution is -2.05. The second-order valence-electron chi connectivity index (χ2n) is 5.74. The summed E-state index contributed by atoms with van der Waals surface area (Å²) in [5.41, 5.74) is 1.39. The number of nitrogens with zero attached hydrogens (tertiary/aromatic N) is 1. The molecular weight excluding hydrogens is 346 g/mol. The Labute approximate surface area is 148 Å². The van der Waals surface area contributed by atoms with E-state index in [1.54, 1.807) is 30.3 Å². The molecule has 0 aliphatic heterocycles. The number of ether oxygens (including phenoxy) is 1. The number of hydrogen-bond acceptors (Lipinski definition) is 2. The molecular formula is C20H15F4NO. The Kier molecular flexibility index (Phi) is 4.93. The molecule has 0 aliphatic rings. The summed E-state index contributed by atoms with van der Waals surface area (Å²) in [5.74, 6) is 0.0493. The van der Waals surface area contributed by atoms with E-state index in [4.69, 9.17) is 4.74 Å². The molecule has 0 atom stereocenters. The summed E-state index contributed by atoms with van der Waals surface area (Å²) in [6.45, 7) is 0. The largest absolute Gasteiger partial charge is 0.494 e. The van der Waals surface area contributed by atoms with Gasteiger partial charge in [0.2, 0.25) is 0 Å². The summed E-state index contributed by atoms with van der Waals surface area (Å²) in [5, 5.41) is 0. The molecule has 3 aromatic rings. The third-order valence-electron chi connectivity index (χ3n) is 3.90. The molecule has 0 aliphatic carbocycles. The van der Waals surface area contributed by atoms with Gasteiger partial charge in [-0.15, -0.1) is 0 Å². The van der Waals surface area contributed by atoms with Crippen LogP contribution >= 0.6 is 0 Å². The van der Waals surface area contributed by atoms with Gasteiger partial charge in [0.05, 0.1) is 12.7 Å². The van der Waals surface area contributed by atoms with Crippen LogP contribution in [-0.2, 0) is 12.6 Å². The lowest BCUT2D eigenvalue weighted by atomic mass is 10.0. The third kappa shape index (κ3) is 4.02. The minimum atomic E-state index is -4.44. The van der Waals surface area contributed by atoms with Crippen molar-refractivity contribution in [1.29, 1.82) is 0 Å². The summed E-state index contributed by atoms with van der Waals surface area (Å²) < 4.78 is 57.2. The number of rotatable bonds is 4. The maximum Gasteiger partial charge on any atom is 0.416 e. The van der Waals surface area contributed by atoms with Crippen molar-refractivity contribution in [3.63, 3.8) is 0 Å². The van der Waals surface area contributed by atoms with E-state index in [0.29, 0.717) is 29.1 Å². The first-order valence-corrected chi connectivity index (χ1v) is 7.83. The maximum absolute atomic E-state index is 13.0. The highest BCUT2D eigenvalue weighted by Crippen LogP contribution is 2.34. The lowest BCUT2D eigenvalue weighted by molar-refractivity contribution is -0.137. The molecule has 0 spiro atoms. The molecule has 26 heavy (non-hydrogen) atoms. The van der Waals surface area contributed by atoms with Gasteiger partial charge in [-0.25, -0.2) is 9.37 Å². The van der Waals surface area contributed by atoms with E-state index >= 15 is 0 Å². The van der Waals surface area contributed by atoms with Gasteiger partial charge in [-0.05, 0) is 42.0 Å². The fraction of sp³-hybridized carbons (Fsp3) is 0.150. The smallest absolute Gasteiger partial charge is 0.416 e. The summed E-state index contributed by atoms with van der Waals surface area (Å²) in [6, 6.07) is 14.4. The van der Waals surface area contributed by atoms with Crippen molar-refractivity contribution in [2.45, 2.75) is 12.6 Å². The van der Waals surface area contributed by atoms with Crippen molar-refractivity contribution >= 4 is 0 Å². The highest BCUT2D eigenvalue weighted by atomic mass is 19.4. The van der Waals surface area contributed by atoms with E-state index in [2.05, 4.69) is 4.98 Å². The minimum Gasteiger partial charge on any atom is -0.494 e. The van der Waals surface area contributed by atoms with Crippen LogP contribution < -0.4 is 4.74 Å². The van der Waals surface area contributed by atoms with Crippen molar-refractivity contribution < 1.29 is 22.3 Å². The molecule has 0 saturated heterocycles. The lowest BCUT2D eigenvalue weighted by Gasteiger charge is -2.12. The zero-order chi connectivity index (χ0) is 18.7. The van der Waals surface area contributed by atoms with Gasteiger partial charge in [0.25, 0.3) is 0 Å². The van der Waals surface area contributed by atoms with Crippen LogP contribution in [0.1, 0.15) is 16.8 Å².